The monoisotopic (exact) mass is 401 g/mol. The lowest BCUT2D eigenvalue weighted by Crippen LogP contribution is -2.29. The number of Topliss-reactive ketones (excluding diaryl/α,β-unsaturated/α-hetero) is 1. The normalized spacial score (nSPS) is 17.9. The molecule has 7 nitrogen and oxygen atoms in total. The maximum atomic E-state index is 13.0. The van der Waals surface area contributed by atoms with E-state index in [-0.39, 0.29) is 17.9 Å². The van der Waals surface area contributed by atoms with E-state index in [1.807, 2.05) is 6.07 Å². The third kappa shape index (κ3) is 3.53. The van der Waals surface area contributed by atoms with Crippen LogP contribution in [0.1, 0.15) is 22.7 Å². The molecule has 1 aliphatic rings. The Morgan fingerprint density at radius 3 is 2.57 bits per heavy atom. The van der Waals surface area contributed by atoms with Crippen molar-refractivity contribution in [2.75, 3.05) is 7.11 Å². The van der Waals surface area contributed by atoms with Gasteiger partial charge in [0.1, 0.15) is 11.5 Å². The maximum Gasteiger partial charge on any atom is 0.295 e. The minimum atomic E-state index is -0.751. The second-order valence-electron chi connectivity index (χ2n) is 6.80. The smallest absolute Gasteiger partial charge is 0.295 e. The molecule has 1 saturated heterocycles. The molecule has 3 heterocycles. The number of likely N-dealkylation sites (tertiary alicyclic amines) is 1. The lowest BCUT2D eigenvalue weighted by atomic mass is 9.96. The fourth-order valence-corrected chi connectivity index (χ4v) is 3.55. The van der Waals surface area contributed by atoms with E-state index < -0.39 is 17.7 Å². The zero-order valence-corrected chi connectivity index (χ0v) is 16.2. The van der Waals surface area contributed by atoms with Crippen LogP contribution in [0.5, 0.6) is 5.75 Å². The topological polar surface area (TPSA) is 92.6 Å². The van der Waals surface area contributed by atoms with Crippen LogP contribution in [0.25, 0.3) is 5.76 Å². The van der Waals surface area contributed by atoms with Gasteiger partial charge in [-0.1, -0.05) is 18.2 Å². The fourth-order valence-electron chi connectivity index (χ4n) is 3.55. The molecule has 0 aliphatic carbocycles. The number of amides is 1. The van der Waals surface area contributed by atoms with Crippen LogP contribution in [-0.2, 0) is 16.1 Å². The fraction of sp³-hybridized carbons (Fsp3) is 0.130. The highest BCUT2D eigenvalue weighted by atomic mass is 16.5. The number of aliphatic hydroxyl groups is 1. The largest absolute Gasteiger partial charge is 0.507 e. The SMILES string of the molecule is COc1cccc(/C(O)=C2\C(=O)C(=O)N(Cc3cccnc3)C2c2ccncc2)c1. The van der Waals surface area contributed by atoms with Crippen molar-refractivity contribution in [1.82, 2.24) is 14.9 Å². The molecular weight excluding hydrogens is 382 g/mol. The highest BCUT2D eigenvalue weighted by Crippen LogP contribution is 2.40. The Labute approximate surface area is 173 Å². The van der Waals surface area contributed by atoms with Gasteiger partial charge in [0.05, 0.1) is 18.7 Å². The third-order valence-corrected chi connectivity index (χ3v) is 4.98. The number of methoxy groups -OCH3 is 1. The molecule has 1 aliphatic heterocycles. The van der Waals surface area contributed by atoms with Crippen LogP contribution in [0.4, 0.5) is 0 Å². The first kappa shape index (κ1) is 19.3. The van der Waals surface area contributed by atoms with Crippen molar-refractivity contribution in [3.8, 4) is 5.75 Å². The zero-order chi connectivity index (χ0) is 21.1. The quantitative estimate of drug-likeness (QED) is 0.401. The second kappa shape index (κ2) is 8.16. The van der Waals surface area contributed by atoms with Gasteiger partial charge in [0.25, 0.3) is 11.7 Å². The van der Waals surface area contributed by atoms with Gasteiger partial charge in [0.15, 0.2) is 0 Å². The molecule has 1 aromatic carbocycles. The molecule has 7 heteroatoms. The number of aliphatic hydroxyl groups excluding tert-OH is 1. The average molecular weight is 401 g/mol. The molecule has 30 heavy (non-hydrogen) atoms. The second-order valence-corrected chi connectivity index (χ2v) is 6.80. The van der Waals surface area contributed by atoms with Crippen molar-refractivity contribution in [3.05, 3.63) is 95.6 Å². The number of carbonyl (C=O) groups excluding carboxylic acids is 2. The molecule has 0 spiro atoms. The van der Waals surface area contributed by atoms with Gasteiger partial charge in [-0.25, -0.2) is 0 Å². The molecule has 0 saturated carbocycles. The number of nitrogens with zero attached hydrogens (tertiary/aromatic N) is 3. The number of hydrogen-bond acceptors (Lipinski definition) is 6. The number of aromatic nitrogens is 2. The van der Waals surface area contributed by atoms with Crippen LogP contribution in [0.3, 0.4) is 0 Å². The number of pyridine rings is 2. The zero-order valence-electron chi connectivity index (χ0n) is 16.2. The van der Waals surface area contributed by atoms with Crippen LogP contribution >= 0.6 is 0 Å². The first-order valence-electron chi connectivity index (χ1n) is 9.32. The molecule has 3 aromatic rings. The molecule has 2 aromatic heterocycles. The van der Waals surface area contributed by atoms with Crippen LogP contribution in [0.2, 0.25) is 0 Å². The molecule has 0 radical (unpaired) electrons. The van der Waals surface area contributed by atoms with Crippen LogP contribution < -0.4 is 4.74 Å². The lowest BCUT2D eigenvalue weighted by molar-refractivity contribution is -0.140. The van der Waals surface area contributed by atoms with E-state index in [9.17, 15) is 14.7 Å². The number of carbonyl (C=O) groups is 2. The van der Waals surface area contributed by atoms with E-state index in [0.29, 0.717) is 16.9 Å². The maximum absolute atomic E-state index is 13.0. The van der Waals surface area contributed by atoms with E-state index >= 15 is 0 Å². The Morgan fingerprint density at radius 1 is 1.07 bits per heavy atom. The van der Waals surface area contributed by atoms with Crippen molar-refractivity contribution < 1.29 is 19.4 Å². The summed E-state index contributed by atoms with van der Waals surface area (Å²) < 4.78 is 5.22. The highest BCUT2D eigenvalue weighted by molar-refractivity contribution is 6.46. The number of ketones is 1. The van der Waals surface area contributed by atoms with E-state index in [2.05, 4.69) is 9.97 Å². The Balaban J connectivity index is 1.85. The van der Waals surface area contributed by atoms with Crippen molar-refractivity contribution in [2.24, 2.45) is 0 Å². The molecular formula is C23H19N3O4. The van der Waals surface area contributed by atoms with Gasteiger partial charge in [0.2, 0.25) is 0 Å². The summed E-state index contributed by atoms with van der Waals surface area (Å²) in [5.74, 6) is -1.13. The summed E-state index contributed by atoms with van der Waals surface area (Å²) in [6.45, 7) is 0.181. The summed E-state index contributed by atoms with van der Waals surface area (Å²) >= 11 is 0. The van der Waals surface area contributed by atoms with E-state index in [4.69, 9.17) is 4.74 Å². The number of benzene rings is 1. The number of rotatable bonds is 5. The van der Waals surface area contributed by atoms with E-state index in [1.165, 1.54) is 12.0 Å². The summed E-state index contributed by atoms with van der Waals surface area (Å²) in [6, 6.07) is 13.0. The Hall–Kier alpha value is -4.00. The lowest BCUT2D eigenvalue weighted by Gasteiger charge is -2.25. The summed E-state index contributed by atoms with van der Waals surface area (Å²) in [6.07, 6.45) is 6.46. The van der Waals surface area contributed by atoms with Gasteiger partial charge in [-0.05, 0) is 41.5 Å². The van der Waals surface area contributed by atoms with E-state index in [1.54, 1.807) is 67.3 Å². The van der Waals surface area contributed by atoms with Crippen LogP contribution in [0.15, 0.2) is 78.9 Å². The summed E-state index contributed by atoms with van der Waals surface area (Å²) in [5, 5.41) is 11.0. The summed E-state index contributed by atoms with van der Waals surface area (Å²) in [5.41, 5.74) is 1.88. The molecule has 4 rings (SSSR count). The molecule has 150 valence electrons. The number of hydrogen-bond donors (Lipinski definition) is 1. The summed E-state index contributed by atoms with van der Waals surface area (Å²) in [7, 11) is 1.52. The first-order chi connectivity index (χ1) is 14.6. The molecule has 1 unspecified atom stereocenters. The molecule has 0 bridgehead atoms. The van der Waals surface area contributed by atoms with Crippen molar-refractivity contribution in [2.45, 2.75) is 12.6 Å². The van der Waals surface area contributed by atoms with Crippen molar-refractivity contribution >= 4 is 17.4 Å². The van der Waals surface area contributed by atoms with E-state index in [0.717, 1.165) is 5.56 Å². The minimum Gasteiger partial charge on any atom is -0.507 e. The Bertz CT molecular complexity index is 1110. The van der Waals surface area contributed by atoms with Gasteiger partial charge >= 0.3 is 0 Å². The Kier molecular flexibility index (Phi) is 5.26. The summed E-state index contributed by atoms with van der Waals surface area (Å²) in [4.78, 5) is 35.5. The van der Waals surface area contributed by atoms with Crippen LogP contribution in [-0.4, -0.2) is 38.8 Å². The average Bonchev–Trinajstić information content (AvgIpc) is 3.05. The molecule has 1 atom stereocenters. The van der Waals surface area contributed by atoms with Crippen LogP contribution in [0, 0.1) is 0 Å². The van der Waals surface area contributed by atoms with Crippen molar-refractivity contribution in [3.63, 3.8) is 0 Å². The van der Waals surface area contributed by atoms with Gasteiger partial charge in [0, 0.05) is 36.9 Å². The minimum absolute atomic E-state index is 0.0309. The van der Waals surface area contributed by atoms with Gasteiger partial charge in [-0.2, -0.15) is 0 Å². The first-order valence-corrected chi connectivity index (χ1v) is 9.32. The molecule has 1 fully saturated rings. The predicted molar refractivity (Wildman–Crippen MR) is 109 cm³/mol. The third-order valence-electron chi connectivity index (χ3n) is 4.98. The predicted octanol–water partition coefficient (Wildman–Crippen LogP) is 3.11. The number of ether oxygens (including phenoxy) is 1. The van der Waals surface area contributed by atoms with Crippen molar-refractivity contribution in [1.29, 1.82) is 0 Å². The molecule has 1 amide bonds. The Morgan fingerprint density at radius 2 is 1.87 bits per heavy atom. The van der Waals surface area contributed by atoms with Gasteiger partial charge in [-0.3, -0.25) is 19.6 Å². The van der Waals surface area contributed by atoms with Gasteiger partial charge in [-0.15, -0.1) is 0 Å². The highest BCUT2D eigenvalue weighted by Gasteiger charge is 2.46. The van der Waals surface area contributed by atoms with Gasteiger partial charge < -0.3 is 14.7 Å². The standard InChI is InChI=1S/C23H19N3O4/c1-30-18-6-2-5-17(12-18)21(27)19-20(16-7-10-24-11-8-16)26(23(29)22(19)28)14-15-4-3-9-25-13-15/h2-13,20,27H,14H2,1H3/b21-19+. The molecule has 1 N–H and O–H groups in total.